The van der Waals surface area contributed by atoms with Crippen LogP contribution in [-0.4, -0.2) is 24.7 Å². The van der Waals surface area contributed by atoms with E-state index in [1.54, 1.807) is 12.4 Å². The number of aryl methyl sites for hydroxylation is 1. The molecule has 0 spiro atoms. The summed E-state index contributed by atoms with van der Waals surface area (Å²) in [6.45, 7) is 3.47. The summed E-state index contributed by atoms with van der Waals surface area (Å²) < 4.78 is 3.73. The van der Waals surface area contributed by atoms with Crippen molar-refractivity contribution < 1.29 is 0 Å². The Hall–Kier alpha value is -3.16. The molecule has 152 valence electrons. The molecule has 0 radical (unpaired) electrons. The van der Waals surface area contributed by atoms with Crippen LogP contribution in [0.5, 0.6) is 0 Å². The van der Waals surface area contributed by atoms with E-state index in [0.717, 1.165) is 22.0 Å². The Kier molecular flexibility index (Phi) is 6.11. The highest BCUT2D eigenvalue weighted by atomic mass is 35.5. The van der Waals surface area contributed by atoms with Crippen LogP contribution in [0.2, 0.25) is 5.02 Å². The number of benzene rings is 2. The van der Waals surface area contributed by atoms with Crippen molar-refractivity contribution in [2.24, 2.45) is 0 Å². The Balaban J connectivity index is 1.32. The van der Waals surface area contributed by atoms with Crippen LogP contribution in [0.1, 0.15) is 16.7 Å². The summed E-state index contributed by atoms with van der Waals surface area (Å²) >= 11 is 11.4. The van der Waals surface area contributed by atoms with Gasteiger partial charge in [-0.1, -0.05) is 48.0 Å². The van der Waals surface area contributed by atoms with Gasteiger partial charge in [-0.15, -0.1) is 0 Å². The van der Waals surface area contributed by atoms with Crippen LogP contribution < -0.4 is 10.6 Å². The Bertz CT molecular complexity index is 1150. The molecule has 2 aromatic carbocycles. The maximum atomic E-state index is 5.93. The number of nitrogens with zero attached hydrogens (tertiary/aromatic N) is 4. The number of nitrogens with one attached hydrogen (secondary N) is 2. The van der Waals surface area contributed by atoms with Gasteiger partial charge < -0.3 is 10.6 Å². The Morgan fingerprint density at radius 3 is 2.13 bits per heavy atom. The lowest BCUT2D eigenvalue weighted by atomic mass is 10.1. The largest absolute Gasteiger partial charge is 0.330 e. The highest BCUT2D eigenvalue weighted by Crippen LogP contribution is 2.14. The van der Waals surface area contributed by atoms with E-state index in [2.05, 4.69) is 39.9 Å². The Labute approximate surface area is 185 Å². The molecule has 0 atom stereocenters. The quantitative estimate of drug-likeness (QED) is 0.419. The molecule has 4 aromatic rings. The van der Waals surface area contributed by atoms with Crippen molar-refractivity contribution in [2.75, 3.05) is 10.6 Å². The van der Waals surface area contributed by atoms with Crippen LogP contribution in [0.3, 0.4) is 0 Å². The van der Waals surface area contributed by atoms with Crippen LogP contribution in [0.4, 0.5) is 11.4 Å². The molecule has 4 rings (SSSR count). The monoisotopic (exact) mass is 436 g/mol. The summed E-state index contributed by atoms with van der Waals surface area (Å²) in [5.41, 5.74) is 5.25. The van der Waals surface area contributed by atoms with Gasteiger partial charge in [-0.25, -0.2) is 0 Å². The van der Waals surface area contributed by atoms with Crippen LogP contribution >= 0.6 is 23.8 Å². The summed E-state index contributed by atoms with van der Waals surface area (Å²) in [6, 6.07) is 16.0. The topological polar surface area (TPSA) is 59.7 Å². The van der Waals surface area contributed by atoms with E-state index in [1.807, 2.05) is 58.2 Å². The highest BCUT2D eigenvalue weighted by Gasteiger charge is 2.06. The molecule has 0 amide bonds. The first-order valence-corrected chi connectivity index (χ1v) is 10.3. The van der Waals surface area contributed by atoms with Crippen molar-refractivity contribution in [3.63, 3.8) is 0 Å². The minimum Gasteiger partial charge on any atom is -0.330 e. The van der Waals surface area contributed by atoms with Crippen LogP contribution in [0.15, 0.2) is 73.3 Å². The summed E-state index contributed by atoms with van der Waals surface area (Å²) in [6.07, 6.45) is 7.34. The third-order valence-electron chi connectivity index (χ3n) is 4.63. The smallest absolute Gasteiger partial charge is 0.175 e. The van der Waals surface area contributed by atoms with E-state index in [-0.39, 0.29) is 0 Å². The predicted octanol–water partition coefficient (Wildman–Crippen LogP) is 4.95. The van der Waals surface area contributed by atoms with Gasteiger partial charge in [-0.2, -0.15) is 10.2 Å². The lowest BCUT2D eigenvalue weighted by molar-refractivity contribution is 0.684. The fraction of sp³-hybridized carbons (Fsp3) is 0.136. The van der Waals surface area contributed by atoms with Crippen molar-refractivity contribution in [2.45, 2.75) is 20.0 Å². The number of anilines is 2. The second-order valence-electron chi connectivity index (χ2n) is 6.99. The van der Waals surface area contributed by atoms with Gasteiger partial charge in [0.2, 0.25) is 0 Å². The van der Waals surface area contributed by atoms with E-state index < -0.39 is 0 Å². The lowest BCUT2D eigenvalue weighted by Crippen LogP contribution is -2.18. The summed E-state index contributed by atoms with van der Waals surface area (Å²) in [7, 11) is 0. The Morgan fingerprint density at radius 2 is 1.50 bits per heavy atom. The molecule has 8 heteroatoms. The second-order valence-corrected chi connectivity index (χ2v) is 7.83. The van der Waals surface area contributed by atoms with Gasteiger partial charge in [0, 0.05) is 17.4 Å². The summed E-state index contributed by atoms with van der Waals surface area (Å²) in [5, 5.41) is 16.3. The molecule has 2 heterocycles. The fourth-order valence-corrected chi connectivity index (χ4v) is 3.42. The third-order valence-corrected chi connectivity index (χ3v) is 5.09. The van der Waals surface area contributed by atoms with Gasteiger partial charge in [0.05, 0.1) is 36.9 Å². The molecule has 0 bridgehead atoms. The molecule has 0 saturated heterocycles. The maximum Gasteiger partial charge on any atom is 0.175 e. The van der Waals surface area contributed by atoms with Gasteiger partial charge in [-0.3, -0.25) is 9.36 Å². The average molecular weight is 437 g/mol. The fourth-order valence-electron chi connectivity index (χ4n) is 3.06. The summed E-state index contributed by atoms with van der Waals surface area (Å²) in [4.78, 5) is 0. The average Bonchev–Trinajstić information content (AvgIpc) is 3.35. The number of thiocarbonyl (C=S) groups is 1. The van der Waals surface area contributed by atoms with E-state index in [0.29, 0.717) is 18.2 Å². The van der Waals surface area contributed by atoms with Crippen molar-refractivity contribution >= 4 is 40.3 Å². The standard InChI is InChI=1S/C22H21ClN6S/c1-16-4-2-3-5-18(16)13-29-15-21(11-25-29)27-22(30)26-20-10-24-28(14-20)12-17-6-8-19(23)9-7-17/h2-11,14-15H,12-13H2,1H3,(H2,26,27,30). The first kappa shape index (κ1) is 20.1. The molecule has 0 fully saturated rings. The zero-order valence-electron chi connectivity index (χ0n) is 16.4. The highest BCUT2D eigenvalue weighted by molar-refractivity contribution is 7.80. The molecule has 0 aliphatic rings. The number of aromatic nitrogens is 4. The van der Waals surface area contributed by atoms with E-state index in [4.69, 9.17) is 23.8 Å². The van der Waals surface area contributed by atoms with Gasteiger partial charge in [0.1, 0.15) is 0 Å². The first-order chi connectivity index (χ1) is 14.5. The van der Waals surface area contributed by atoms with Crippen molar-refractivity contribution in [1.29, 1.82) is 0 Å². The predicted molar refractivity (Wildman–Crippen MR) is 125 cm³/mol. The zero-order chi connectivity index (χ0) is 20.9. The minimum atomic E-state index is 0.483. The van der Waals surface area contributed by atoms with Crippen molar-refractivity contribution in [3.8, 4) is 0 Å². The molecule has 6 nitrogen and oxygen atoms in total. The minimum absolute atomic E-state index is 0.483. The van der Waals surface area contributed by atoms with E-state index >= 15 is 0 Å². The SMILES string of the molecule is Cc1ccccc1Cn1cc(NC(=S)Nc2cnn(Cc3ccc(Cl)cc3)c2)cn1. The molecule has 30 heavy (non-hydrogen) atoms. The van der Waals surface area contributed by atoms with Crippen LogP contribution in [-0.2, 0) is 13.1 Å². The summed E-state index contributed by atoms with van der Waals surface area (Å²) in [5.74, 6) is 0. The normalized spacial score (nSPS) is 10.7. The van der Waals surface area contributed by atoms with Gasteiger partial charge in [-0.05, 0) is 48.0 Å². The molecule has 0 unspecified atom stereocenters. The number of halogens is 1. The number of hydrogen-bond acceptors (Lipinski definition) is 3. The van der Waals surface area contributed by atoms with Crippen LogP contribution in [0, 0.1) is 6.92 Å². The lowest BCUT2D eigenvalue weighted by Gasteiger charge is -2.07. The molecule has 0 aliphatic carbocycles. The molecule has 0 saturated carbocycles. The van der Waals surface area contributed by atoms with E-state index in [1.165, 1.54) is 11.1 Å². The molecule has 0 aliphatic heterocycles. The second kappa shape index (κ2) is 9.11. The molecular formula is C22H21ClN6S. The molecule has 2 aromatic heterocycles. The molecular weight excluding hydrogens is 416 g/mol. The van der Waals surface area contributed by atoms with Gasteiger partial charge in [0.25, 0.3) is 0 Å². The van der Waals surface area contributed by atoms with Gasteiger partial charge in [0.15, 0.2) is 5.11 Å². The zero-order valence-corrected chi connectivity index (χ0v) is 18.0. The van der Waals surface area contributed by atoms with Crippen molar-refractivity contribution in [1.82, 2.24) is 19.6 Å². The third kappa shape index (κ3) is 5.25. The maximum absolute atomic E-state index is 5.93. The first-order valence-electron chi connectivity index (χ1n) is 9.47. The Morgan fingerprint density at radius 1 is 0.900 bits per heavy atom. The van der Waals surface area contributed by atoms with E-state index in [9.17, 15) is 0 Å². The number of hydrogen-bond donors (Lipinski definition) is 2. The van der Waals surface area contributed by atoms with Gasteiger partial charge >= 0.3 is 0 Å². The number of rotatable bonds is 6. The molecule has 2 N–H and O–H groups in total. The van der Waals surface area contributed by atoms with Crippen LogP contribution in [0.25, 0.3) is 0 Å². The van der Waals surface area contributed by atoms with Crippen molar-refractivity contribution in [3.05, 3.63) is 95.0 Å².